The number of benzene rings is 1. The number of hydrogen-bond acceptors (Lipinski definition) is 9. The summed E-state index contributed by atoms with van der Waals surface area (Å²) in [5.74, 6) is -1.41. The highest BCUT2D eigenvalue weighted by molar-refractivity contribution is 5.96. The molecule has 1 N–H and O–H groups in total. The fraction of sp³-hybridized carbons (Fsp3) is 0.250. The molecule has 31 heavy (non-hydrogen) atoms. The Kier molecular flexibility index (Phi) is 6.43. The quantitative estimate of drug-likeness (QED) is 0.563. The van der Waals surface area contributed by atoms with Crippen molar-refractivity contribution in [2.45, 2.75) is 19.9 Å². The predicted molar refractivity (Wildman–Crippen MR) is 104 cm³/mol. The number of aromatic nitrogens is 3. The summed E-state index contributed by atoms with van der Waals surface area (Å²) in [5.41, 5.74) is 0.301. The summed E-state index contributed by atoms with van der Waals surface area (Å²) >= 11 is 0. The number of hydrogen-bond donors (Lipinski definition) is 1. The average molecular weight is 430 g/mol. The first-order chi connectivity index (χ1) is 14.8. The highest BCUT2D eigenvalue weighted by Gasteiger charge is 2.24. The minimum atomic E-state index is -0.689. The SMILES string of the molecule is COc1cc(-c2nc([C@H](C)NC(=O)c3nccc(OC)c3OC(C)=O)no2)ccc1F. The molecule has 0 saturated carbocycles. The van der Waals surface area contributed by atoms with E-state index >= 15 is 0 Å². The number of amides is 1. The minimum absolute atomic E-state index is 0.0284. The molecule has 0 aliphatic carbocycles. The van der Waals surface area contributed by atoms with Crippen LogP contribution >= 0.6 is 0 Å². The molecule has 2 heterocycles. The fourth-order valence-electron chi connectivity index (χ4n) is 2.65. The Morgan fingerprint density at radius 1 is 1.16 bits per heavy atom. The number of methoxy groups -OCH3 is 2. The van der Waals surface area contributed by atoms with Crippen molar-refractivity contribution in [2.24, 2.45) is 0 Å². The average Bonchev–Trinajstić information content (AvgIpc) is 3.24. The zero-order valence-corrected chi connectivity index (χ0v) is 17.1. The first-order valence-corrected chi connectivity index (χ1v) is 9.03. The van der Waals surface area contributed by atoms with Gasteiger partial charge in [0.15, 0.2) is 28.8 Å². The van der Waals surface area contributed by atoms with Gasteiger partial charge < -0.3 is 24.1 Å². The zero-order chi connectivity index (χ0) is 22.5. The lowest BCUT2D eigenvalue weighted by Gasteiger charge is -2.14. The molecule has 0 unspecified atom stereocenters. The molecule has 3 aromatic rings. The molecule has 0 bridgehead atoms. The van der Waals surface area contributed by atoms with Gasteiger partial charge in [0.05, 0.1) is 20.3 Å². The number of pyridine rings is 1. The second kappa shape index (κ2) is 9.20. The van der Waals surface area contributed by atoms with Gasteiger partial charge in [-0.25, -0.2) is 9.37 Å². The van der Waals surface area contributed by atoms with E-state index in [-0.39, 0.29) is 34.7 Å². The van der Waals surface area contributed by atoms with Gasteiger partial charge >= 0.3 is 5.97 Å². The summed E-state index contributed by atoms with van der Waals surface area (Å²) in [7, 11) is 2.72. The topological polar surface area (TPSA) is 126 Å². The van der Waals surface area contributed by atoms with Gasteiger partial charge in [0.1, 0.15) is 0 Å². The Morgan fingerprint density at radius 3 is 2.58 bits per heavy atom. The van der Waals surface area contributed by atoms with Crippen LogP contribution in [0.25, 0.3) is 11.5 Å². The van der Waals surface area contributed by atoms with E-state index in [2.05, 4.69) is 20.4 Å². The van der Waals surface area contributed by atoms with Crippen molar-refractivity contribution in [2.75, 3.05) is 14.2 Å². The Hall–Kier alpha value is -4.02. The minimum Gasteiger partial charge on any atom is -0.494 e. The molecule has 1 atom stereocenters. The maximum atomic E-state index is 13.6. The zero-order valence-electron chi connectivity index (χ0n) is 17.1. The predicted octanol–water partition coefficient (Wildman–Crippen LogP) is 2.70. The maximum absolute atomic E-state index is 13.6. The summed E-state index contributed by atoms with van der Waals surface area (Å²) in [4.78, 5) is 32.4. The van der Waals surface area contributed by atoms with Crippen molar-refractivity contribution in [3.8, 4) is 28.7 Å². The molecule has 10 nitrogen and oxygen atoms in total. The van der Waals surface area contributed by atoms with Crippen LogP contribution in [0.2, 0.25) is 0 Å². The first-order valence-electron chi connectivity index (χ1n) is 9.03. The van der Waals surface area contributed by atoms with Crippen LogP contribution in [0.5, 0.6) is 17.2 Å². The van der Waals surface area contributed by atoms with Crippen molar-refractivity contribution in [3.63, 3.8) is 0 Å². The molecular formula is C20H19FN4O6. The van der Waals surface area contributed by atoms with E-state index in [0.29, 0.717) is 5.56 Å². The summed E-state index contributed by atoms with van der Waals surface area (Å²) in [6, 6.07) is 4.87. The third-order valence-electron chi connectivity index (χ3n) is 4.12. The summed E-state index contributed by atoms with van der Waals surface area (Å²) in [6.07, 6.45) is 1.35. The van der Waals surface area contributed by atoms with Crippen LogP contribution in [-0.2, 0) is 4.79 Å². The second-order valence-corrected chi connectivity index (χ2v) is 6.29. The molecule has 0 radical (unpaired) electrons. The Balaban J connectivity index is 1.81. The summed E-state index contributed by atoms with van der Waals surface area (Å²) < 4.78 is 34.0. The van der Waals surface area contributed by atoms with Crippen molar-refractivity contribution in [1.29, 1.82) is 0 Å². The van der Waals surface area contributed by atoms with Crippen molar-refractivity contribution < 1.29 is 32.7 Å². The third-order valence-corrected chi connectivity index (χ3v) is 4.12. The number of esters is 1. The summed E-state index contributed by atoms with van der Waals surface area (Å²) in [6.45, 7) is 2.82. The molecule has 11 heteroatoms. The van der Waals surface area contributed by atoms with Crippen LogP contribution in [0.3, 0.4) is 0 Å². The smallest absolute Gasteiger partial charge is 0.308 e. The Bertz CT molecular complexity index is 1120. The van der Waals surface area contributed by atoms with E-state index in [9.17, 15) is 14.0 Å². The Morgan fingerprint density at radius 2 is 1.90 bits per heavy atom. The van der Waals surface area contributed by atoms with E-state index in [1.165, 1.54) is 51.6 Å². The number of rotatable bonds is 7. The molecule has 0 saturated heterocycles. The van der Waals surface area contributed by atoms with Crippen LogP contribution in [0.4, 0.5) is 4.39 Å². The molecule has 1 aromatic carbocycles. The number of ether oxygens (including phenoxy) is 3. The molecule has 1 amide bonds. The second-order valence-electron chi connectivity index (χ2n) is 6.29. The van der Waals surface area contributed by atoms with E-state index < -0.39 is 23.7 Å². The van der Waals surface area contributed by atoms with Gasteiger partial charge in [-0.1, -0.05) is 5.16 Å². The number of nitrogens with zero attached hydrogens (tertiary/aromatic N) is 3. The van der Waals surface area contributed by atoms with E-state index in [1.54, 1.807) is 6.92 Å². The molecule has 0 aliphatic heterocycles. The van der Waals surface area contributed by atoms with Crippen LogP contribution in [0.1, 0.15) is 36.2 Å². The molecule has 0 spiro atoms. The van der Waals surface area contributed by atoms with Gasteiger partial charge in [-0.15, -0.1) is 0 Å². The molecule has 162 valence electrons. The number of carbonyl (C=O) groups is 2. The van der Waals surface area contributed by atoms with Gasteiger partial charge in [-0.2, -0.15) is 4.98 Å². The van der Waals surface area contributed by atoms with Crippen molar-refractivity contribution in [1.82, 2.24) is 20.4 Å². The normalized spacial score (nSPS) is 11.5. The van der Waals surface area contributed by atoms with Crippen LogP contribution in [-0.4, -0.2) is 41.2 Å². The lowest BCUT2D eigenvalue weighted by atomic mass is 10.2. The highest BCUT2D eigenvalue weighted by atomic mass is 19.1. The van der Waals surface area contributed by atoms with E-state index in [0.717, 1.165) is 0 Å². The van der Waals surface area contributed by atoms with Crippen LogP contribution in [0, 0.1) is 5.82 Å². The van der Waals surface area contributed by atoms with Gasteiger partial charge in [-0.3, -0.25) is 9.59 Å². The van der Waals surface area contributed by atoms with Gasteiger partial charge in [-0.05, 0) is 25.1 Å². The lowest BCUT2D eigenvalue weighted by molar-refractivity contribution is -0.132. The summed E-state index contributed by atoms with van der Waals surface area (Å²) in [5, 5.41) is 6.51. The van der Waals surface area contributed by atoms with Crippen molar-refractivity contribution >= 4 is 11.9 Å². The standard InChI is InChI=1S/C20H19FN4O6/c1-10(18-24-20(31-25-18)12-5-6-13(21)15(9-12)29-4)23-19(27)16-17(30-11(2)26)14(28-3)7-8-22-16/h5-10H,1-4H3,(H,23,27)/t10-/m0/s1. The number of carbonyl (C=O) groups excluding carboxylic acids is 2. The Labute approximate surface area is 176 Å². The molecule has 3 rings (SSSR count). The lowest BCUT2D eigenvalue weighted by Crippen LogP contribution is -2.29. The van der Waals surface area contributed by atoms with E-state index in [1.807, 2.05) is 0 Å². The van der Waals surface area contributed by atoms with Gasteiger partial charge in [0.2, 0.25) is 5.75 Å². The monoisotopic (exact) mass is 430 g/mol. The molecule has 0 aliphatic rings. The van der Waals surface area contributed by atoms with Crippen LogP contribution < -0.4 is 19.5 Å². The molecule has 2 aromatic heterocycles. The van der Waals surface area contributed by atoms with E-state index in [4.69, 9.17) is 18.7 Å². The van der Waals surface area contributed by atoms with Gasteiger partial charge in [0, 0.05) is 24.8 Å². The van der Waals surface area contributed by atoms with Gasteiger partial charge in [0.25, 0.3) is 11.8 Å². The van der Waals surface area contributed by atoms with Crippen LogP contribution in [0.15, 0.2) is 35.0 Å². The molecule has 0 fully saturated rings. The third kappa shape index (κ3) is 4.77. The molecular weight excluding hydrogens is 411 g/mol. The highest BCUT2D eigenvalue weighted by Crippen LogP contribution is 2.30. The fourth-order valence-corrected chi connectivity index (χ4v) is 2.65. The number of nitrogens with one attached hydrogen (secondary N) is 1. The maximum Gasteiger partial charge on any atom is 0.308 e. The largest absolute Gasteiger partial charge is 0.494 e. The number of halogens is 1. The van der Waals surface area contributed by atoms with Crippen molar-refractivity contribution in [3.05, 3.63) is 47.8 Å². The first kappa shape index (κ1) is 21.7.